The third kappa shape index (κ3) is 3.57. The van der Waals surface area contributed by atoms with Crippen molar-refractivity contribution in [2.24, 2.45) is 0 Å². The number of benzene rings is 2. The maximum atomic E-state index is 13.8. The van der Waals surface area contributed by atoms with Crippen molar-refractivity contribution in [3.63, 3.8) is 0 Å². The van der Waals surface area contributed by atoms with Gasteiger partial charge in [-0.05, 0) is 35.9 Å². The molecule has 3 nitrogen and oxygen atoms in total. The van der Waals surface area contributed by atoms with Crippen LogP contribution >= 0.6 is 23.1 Å². The van der Waals surface area contributed by atoms with E-state index < -0.39 is 0 Å². The third-order valence-electron chi connectivity index (χ3n) is 3.97. The lowest BCUT2D eigenvalue weighted by Gasteiger charge is -2.17. The SMILES string of the molecule is O=C1/C(=C\c2ccc(OCc3cscn3)cc2)CSc2c(F)cccc21. The van der Waals surface area contributed by atoms with Crippen LogP contribution in [0.2, 0.25) is 0 Å². The van der Waals surface area contributed by atoms with Crippen molar-refractivity contribution in [1.82, 2.24) is 4.98 Å². The summed E-state index contributed by atoms with van der Waals surface area (Å²) in [5.74, 6) is 0.773. The van der Waals surface area contributed by atoms with Crippen LogP contribution in [0.3, 0.4) is 0 Å². The maximum Gasteiger partial charge on any atom is 0.191 e. The van der Waals surface area contributed by atoms with Gasteiger partial charge in [-0.15, -0.1) is 23.1 Å². The number of Topliss-reactive ketones (excluding diaryl/α,β-unsaturated/α-hetero) is 1. The van der Waals surface area contributed by atoms with Gasteiger partial charge in [-0.1, -0.05) is 18.2 Å². The summed E-state index contributed by atoms with van der Waals surface area (Å²) in [5.41, 5.74) is 4.70. The van der Waals surface area contributed by atoms with Crippen LogP contribution in [0.15, 0.2) is 63.8 Å². The minimum absolute atomic E-state index is 0.109. The van der Waals surface area contributed by atoms with E-state index in [-0.39, 0.29) is 11.6 Å². The van der Waals surface area contributed by atoms with Crippen molar-refractivity contribution in [2.45, 2.75) is 11.5 Å². The summed E-state index contributed by atoms with van der Waals surface area (Å²) in [5, 5.41) is 1.95. The molecule has 26 heavy (non-hydrogen) atoms. The zero-order valence-electron chi connectivity index (χ0n) is 13.6. The van der Waals surface area contributed by atoms with Gasteiger partial charge < -0.3 is 4.74 Å². The van der Waals surface area contributed by atoms with Gasteiger partial charge >= 0.3 is 0 Å². The molecular formula is C20H14FNO2S2. The fraction of sp³-hybridized carbons (Fsp3) is 0.100. The molecule has 0 aliphatic carbocycles. The molecule has 0 N–H and O–H groups in total. The second kappa shape index (κ2) is 7.43. The molecule has 0 unspecified atom stereocenters. The minimum Gasteiger partial charge on any atom is -0.487 e. The molecule has 1 aliphatic heterocycles. The molecule has 3 aromatic rings. The number of ketones is 1. The van der Waals surface area contributed by atoms with Crippen LogP contribution in [-0.2, 0) is 6.61 Å². The highest BCUT2D eigenvalue weighted by Gasteiger charge is 2.24. The van der Waals surface area contributed by atoms with E-state index in [1.807, 2.05) is 35.7 Å². The molecule has 0 spiro atoms. The summed E-state index contributed by atoms with van der Waals surface area (Å²) in [4.78, 5) is 17.2. The van der Waals surface area contributed by atoms with Crippen molar-refractivity contribution in [3.05, 3.63) is 81.6 Å². The Balaban J connectivity index is 1.49. The molecule has 2 heterocycles. The van der Waals surface area contributed by atoms with Crippen LogP contribution in [0.4, 0.5) is 4.39 Å². The van der Waals surface area contributed by atoms with E-state index in [9.17, 15) is 9.18 Å². The van der Waals surface area contributed by atoms with Gasteiger partial charge in [0, 0.05) is 22.3 Å². The molecule has 6 heteroatoms. The van der Waals surface area contributed by atoms with Crippen molar-refractivity contribution in [1.29, 1.82) is 0 Å². The molecular weight excluding hydrogens is 369 g/mol. The molecule has 0 fully saturated rings. The first kappa shape index (κ1) is 17.0. The zero-order valence-corrected chi connectivity index (χ0v) is 15.3. The average Bonchev–Trinajstić information content (AvgIpc) is 3.18. The molecule has 130 valence electrons. The number of hydrogen-bond donors (Lipinski definition) is 0. The van der Waals surface area contributed by atoms with Gasteiger partial charge in [0.05, 0.1) is 16.1 Å². The Bertz CT molecular complexity index is 966. The number of nitrogens with zero attached hydrogens (tertiary/aromatic N) is 1. The summed E-state index contributed by atoms with van der Waals surface area (Å²) in [6, 6.07) is 12.2. The first-order chi connectivity index (χ1) is 12.7. The quantitative estimate of drug-likeness (QED) is 0.578. The molecule has 1 aromatic heterocycles. The van der Waals surface area contributed by atoms with Crippen LogP contribution in [0.25, 0.3) is 6.08 Å². The van der Waals surface area contributed by atoms with Gasteiger partial charge in [0.15, 0.2) is 5.78 Å². The summed E-state index contributed by atoms with van der Waals surface area (Å²) in [6.07, 6.45) is 1.85. The Morgan fingerprint density at radius 2 is 2.04 bits per heavy atom. The summed E-state index contributed by atoms with van der Waals surface area (Å²) >= 11 is 2.90. The number of carbonyl (C=O) groups excluding carboxylic acids is 1. The van der Waals surface area contributed by atoms with Crippen LogP contribution in [0.5, 0.6) is 5.75 Å². The number of halogens is 1. The molecule has 0 bridgehead atoms. The Labute approximate surface area is 158 Å². The van der Waals surface area contributed by atoms with Crippen LogP contribution in [0.1, 0.15) is 21.6 Å². The van der Waals surface area contributed by atoms with E-state index in [2.05, 4.69) is 4.98 Å². The fourth-order valence-corrected chi connectivity index (χ4v) is 4.24. The smallest absolute Gasteiger partial charge is 0.191 e. The normalized spacial score (nSPS) is 15.1. The monoisotopic (exact) mass is 383 g/mol. The Hall–Kier alpha value is -2.44. The van der Waals surface area contributed by atoms with Gasteiger partial charge in [0.2, 0.25) is 0 Å². The molecule has 2 aromatic carbocycles. The topological polar surface area (TPSA) is 39.2 Å². The molecule has 0 radical (unpaired) electrons. The lowest BCUT2D eigenvalue weighted by molar-refractivity contribution is 0.103. The van der Waals surface area contributed by atoms with Gasteiger partial charge in [-0.3, -0.25) is 4.79 Å². The number of rotatable bonds is 4. The summed E-state index contributed by atoms with van der Waals surface area (Å²) in [6.45, 7) is 0.432. The van der Waals surface area contributed by atoms with E-state index >= 15 is 0 Å². The van der Waals surface area contributed by atoms with E-state index in [1.54, 1.807) is 17.6 Å². The van der Waals surface area contributed by atoms with Gasteiger partial charge in [0.1, 0.15) is 18.2 Å². The number of aromatic nitrogens is 1. The Kier molecular flexibility index (Phi) is 4.86. The predicted octanol–water partition coefficient (Wildman–Crippen LogP) is 5.23. The van der Waals surface area contributed by atoms with E-state index in [0.717, 1.165) is 17.0 Å². The van der Waals surface area contributed by atoms with Crippen molar-refractivity contribution in [3.8, 4) is 5.75 Å². The van der Waals surface area contributed by atoms with E-state index in [1.165, 1.54) is 29.2 Å². The van der Waals surface area contributed by atoms with E-state index in [0.29, 0.717) is 28.4 Å². The van der Waals surface area contributed by atoms with Gasteiger partial charge in [0.25, 0.3) is 0 Å². The third-order valence-corrected chi connectivity index (χ3v) is 5.76. The molecule has 1 aliphatic rings. The standard InChI is InChI=1S/C20H14FNO2S2/c21-18-3-1-2-17-19(23)14(10-26-20(17)18)8-13-4-6-16(7-5-13)24-9-15-11-25-12-22-15/h1-8,11-12H,9-10H2/b14-8-. The summed E-state index contributed by atoms with van der Waals surface area (Å²) < 4.78 is 19.5. The van der Waals surface area contributed by atoms with Gasteiger partial charge in [-0.2, -0.15) is 0 Å². The average molecular weight is 383 g/mol. The van der Waals surface area contributed by atoms with Crippen molar-refractivity contribution in [2.75, 3.05) is 5.75 Å². The molecule has 0 amide bonds. The second-order valence-electron chi connectivity index (χ2n) is 5.74. The first-order valence-electron chi connectivity index (χ1n) is 7.97. The predicted molar refractivity (Wildman–Crippen MR) is 102 cm³/mol. The molecule has 4 rings (SSSR count). The highest BCUT2D eigenvalue weighted by Crippen LogP contribution is 2.35. The van der Waals surface area contributed by atoms with Crippen LogP contribution < -0.4 is 4.74 Å². The fourth-order valence-electron chi connectivity index (χ4n) is 2.66. The molecule has 0 saturated carbocycles. The van der Waals surface area contributed by atoms with E-state index in [4.69, 9.17) is 4.74 Å². The molecule has 0 saturated heterocycles. The maximum absolute atomic E-state index is 13.8. The van der Waals surface area contributed by atoms with Crippen LogP contribution in [-0.4, -0.2) is 16.5 Å². The highest BCUT2D eigenvalue weighted by molar-refractivity contribution is 7.99. The zero-order chi connectivity index (χ0) is 17.9. The van der Waals surface area contributed by atoms with Gasteiger partial charge in [-0.25, -0.2) is 9.37 Å². The van der Waals surface area contributed by atoms with Crippen LogP contribution in [0, 0.1) is 5.82 Å². The number of ether oxygens (including phenoxy) is 1. The summed E-state index contributed by atoms with van der Waals surface area (Å²) in [7, 11) is 0. The number of thioether (sulfide) groups is 1. The number of hydrogen-bond acceptors (Lipinski definition) is 5. The highest BCUT2D eigenvalue weighted by atomic mass is 32.2. The van der Waals surface area contributed by atoms with Crippen molar-refractivity contribution >= 4 is 35.0 Å². The van der Waals surface area contributed by atoms with Crippen molar-refractivity contribution < 1.29 is 13.9 Å². The minimum atomic E-state index is -0.332. The largest absolute Gasteiger partial charge is 0.487 e. The number of fused-ring (bicyclic) bond motifs is 1. The molecule has 0 atom stereocenters. The Morgan fingerprint density at radius 3 is 2.81 bits per heavy atom. The lowest BCUT2D eigenvalue weighted by Crippen LogP contribution is -2.13. The Morgan fingerprint density at radius 1 is 1.19 bits per heavy atom. The number of carbonyl (C=O) groups is 1. The number of thiazole rings is 1. The lowest BCUT2D eigenvalue weighted by atomic mass is 10.0. The first-order valence-corrected chi connectivity index (χ1v) is 9.90. The second-order valence-corrected chi connectivity index (χ2v) is 7.45.